The van der Waals surface area contributed by atoms with Gasteiger partial charge in [0.2, 0.25) is 0 Å². The van der Waals surface area contributed by atoms with Gasteiger partial charge in [-0.15, -0.1) is 0 Å². The molecule has 2 atom stereocenters. The van der Waals surface area contributed by atoms with Crippen LogP contribution >= 0.6 is 0 Å². The van der Waals surface area contributed by atoms with Gasteiger partial charge in [-0.3, -0.25) is 4.90 Å². The van der Waals surface area contributed by atoms with Gasteiger partial charge in [0.05, 0.1) is 12.1 Å². The number of nitrogens with zero attached hydrogens (tertiary/aromatic N) is 1. The molecule has 1 aliphatic rings. The summed E-state index contributed by atoms with van der Waals surface area (Å²) < 4.78 is 5.85. The van der Waals surface area contributed by atoms with Crippen LogP contribution in [0.25, 0.3) is 0 Å². The number of rotatable bonds is 5. The molecule has 0 saturated carbocycles. The highest BCUT2D eigenvalue weighted by atomic mass is 16.5. The van der Waals surface area contributed by atoms with Crippen LogP contribution in [0.5, 0.6) is 5.75 Å². The van der Waals surface area contributed by atoms with Crippen molar-refractivity contribution in [3.8, 4) is 5.75 Å². The molecule has 0 spiro atoms. The summed E-state index contributed by atoms with van der Waals surface area (Å²) in [5.74, 6) is 0.952. The van der Waals surface area contributed by atoms with E-state index in [9.17, 15) is 0 Å². The highest BCUT2D eigenvalue weighted by Gasteiger charge is 2.31. The minimum absolute atomic E-state index is 0.0618. The van der Waals surface area contributed by atoms with E-state index in [1.165, 1.54) is 12.8 Å². The maximum absolute atomic E-state index is 6.42. The summed E-state index contributed by atoms with van der Waals surface area (Å²) in [7, 11) is 0. The van der Waals surface area contributed by atoms with Crippen LogP contribution in [0.1, 0.15) is 38.3 Å². The van der Waals surface area contributed by atoms with Gasteiger partial charge in [-0.1, -0.05) is 38.5 Å². The minimum atomic E-state index is 0.0618. The molecule has 0 bridgehead atoms. The van der Waals surface area contributed by atoms with E-state index in [0.717, 1.165) is 24.4 Å². The molecule has 0 radical (unpaired) electrons. The summed E-state index contributed by atoms with van der Waals surface area (Å²) in [5, 5.41) is 0. The van der Waals surface area contributed by atoms with E-state index in [2.05, 4.69) is 24.8 Å². The van der Waals surface area contributed by atoms with Crippen LogP contribution in [-0.4, -0.2) is 30.6 Å². The predicted octanol–water partition coefficient (Wildman–Crippen LogP) is 2.57. The van der Waals surface area contributed by atoms with Gasteiger partial charge in [-0.2, -0.15) is 0 Å². The van der Waals surface area contributed by atoms with Gasteiger partial charge in [0, 0.05) is 5.56 Å². The van der Waals surface area contributed by atoms with Crippen LogP contribution in [0, 0.1) is 0 Å². The number of nitrogens with two attached hydrogens (primary N) is 1. The molecule has 2 rings (SSSR count). The van der Waals surface area contributed by atoms with Crippen LogP contribution < -0.4 is 10.5 Å². The van der Waals surface area contributed by atoms with Gasteiger partial charge in [0.1, 0.15) is 12.4 Å². The average molecular weight is 248 g/mol. The Kier molecular flexibility index (Phi) is 4.61. The highest BCUT2D eigenvalue weighted by molar-refractivity contribution is 5.38. The quantitative estimate of drug-likeness (QED) is 0.870. The zero-order chi connectivity index (χ0) is 13.0. The fourth-order valence-electron chi connectivity index (χ4n) is 2.63. The van der Waals surface area contributed by atoms with Gasteiger partial charge in [-0.25, -0.2) is 0 Å². The minimum Gasteiger partial charge on any atom is -0.492 e. The highest BCUT2D eigenvalue weighted by Crippen LogP contribution is 2.32. The Balaban J connectivity index is 2.12. The Labute approximate surface area is 110 Å². The third-order valence-corrected chi connectivity index (χ3v) is 3.78. The van der Waals surface area contributed by atoms with Crippen molar-refractivity contribution in [2.45, 2.75) is 38.8 Å². The van der Waals surface area contributed by atoms with Crippen LogP contribution in [0.3, 0.4) is 0 Å². The number of ether oxygens (including phenoxy) is 1. The summed E-state index contributed by atoms with van der Waals surface area (Å²) in [5.41, 5.74) is 7.56. The zero-order valence-corrected chi connectivity index (χ0v) is 11.4. The van der Waals surface area contributed by atoms with Crippen molar-refractivity contribution in [2.75, 3.05) is 19.7 Å². The molecule has 1 aliphatic heterocycles. The number of unbranched alkanes of at least 4 members (excludes halogenated alkanes) is 1. The lowest BCUT2D eigenvalue weighted by Gasteiger charge is -2.38. The fraction of sp³-hybridized carbons (Fsp3) is 0.600. The molecule has 0 amide bonds. The zero-order valence-electron chi connectivity index (χ0n) is 11.4. The summed E-state index contributed by atoms with van der Waals surface area (Å²) in [6.45, 7) is 7.26. The van der Waals surface area contributed by atoms with Crippen molar-refractivity contribution in [3.05, 3.63) is 29.8 Å². The van der Waals surface area contributed by atoms with E-state index in [0.29, 0.717) is 12.6 Å². The normalized spacial score (nSPS) is 22.7. The fourth-order valence-corrected chi connectivity index (χ4v) is 2.63. The van der Waals surface area contributed by atoms with E-state index < -0.39 is 0 Å². The molecule has 3 heteroatoms. The van der Waals surface area contributed by atoms with E-state index >= 15 is 0 Å². The van der Waals surface area contributed by atoms with Crippen molar-refractivity contribution < 1.29 is 4.74 Å². The molecule has 1 aromatic carbocycles. The number of hydrogen-bond donors (Lipinski definition) is 1. The monoisotopic (exact) mass is 248 g/mol. The van der Waals surface area contributed by atoms with Crippen molar-refractivity contribution >= 4 is 0 Å². The van der Waals surface area contributed by atoms with Crippen molar-refractivity contribution in [2.24, 2.45) is 5.73 Å². The van der Waals surface area contributed by atoms with E-state index in [-0.39, 0.29) is 6.04 Å². The second-order valence-electron chi connectivity index (χ2n) is 4.92. The summed E-state index contributed by atoms with van der Waals surface area (Å²) >= 11 is 0. The van der Waals surface area contributed by atoms with Gasteiger partial charge >= 0.3 is 0 Å². The second-order valence-corrected chi connectivity index (χ2v) is 4.92. The molecule has 3 nitrogen and oxygen atoms in total. The van der Waals surface area contributed by atoms with Crippen molar-refractivity contribution in [3.63, 3.8) is 0 Å². The Bertz CT molecular complexity index is 381. The topological polar surface area (TPSA) is 38.5 Å². The first-order chi connectivity index (χ1) is 8.77. The second kappa shape index (κ2) is 6.21. The first kappa shape index (κ1) is 13.4. The lowest BCUT2D eigenvalue weighted by Crippen LogP contribution is -2.49. The van der Waals surface area contributed by atoms with Crippen molar-refractivity contribution in [1.29, 1.82) is 0 Å². The van der Waals surface area contributed by atoms with Crippen LogP contribution in [0.15, 0.2) is 24.3 Å². The van der Waals surface area contributed by atoms with Crippen LogP contribution in [0.2, 0.25) is 0 Å². The first-order valence-electron chi connectivity index (χ1n) is 6.99. The maximum atomic E-state index is 6.42. The maximum Gasteiger partial charge on any atom is 0.124 e. The summed E-state index contributed by atoms with van der Waals surface area (Å²) in [6.07, 6.45) is 2.44. The largest absolute Gasteiger partial charge is 0.492 e. The Hall–Kier alpha value is -1.06. The number of hydrogen-bond acceptors (Lipinski definition) is 3. The van der Waals surface area contributed by atoms with E-state index in [4.69, 9.17) is 10.5 Å². The molecule has 2 N–H and O–H groups in total. The van der Waals surface area contributed by atoms with Crippen LogP contribution in [0.4, 0.5) is 0 Å². The van der Waals surface area contributed by atoms with Gasteiger partial charge in [0.15, 0.2) is 0 Å². The Morgan fingerprint density at radius 3 is 2.83 bits per heavy atom. The molecule has 18 heavy (non-hydrogen) atoms. The SMILES string of the molecule is CCCCN(CC)C1COc2ccccc2C1N. The smallest absolute Gasteiger partial charge is 0.124 e. The lowest BCUT2D eigenvalue weighted by atomic mass is 9.96. The van der Waals surface area contributed by atoms with Gasteiger partial charge < -0.3 is 10.5 Å². The Morgan fingerprint density at radius 1 is 1.33 bits per heavy atom. The number of para-hydroxylation sites is 1. The molecule has 0 aromatic heterocycles. The summed E-state index contributed by atoms with van der Waals surface area (Å²) in [4.78, 5) is 2.45. The predicted molar refractivity (Wildman–Crippen MR) is 74.8 cm³/mol. The van der Waals surface area contributed by atoms with E-state index in [1.54, 1.807) is 0 Å². The molecule has 1 aromatic rings. The van der Waals surface area contributed by atoms with E-state index in [1.807, 2.05) is 18.2 Å². The number of fused-ring (bicyclic) bond motifs is 1. The molecule has 0 fully saturated rings. The molecule has 0 saturated heterocycles. The third-order valence-electron chi connectivity index (χ3n) is 3.78. The molecule has 1 heterocycles. The lowest BCUT2D eigenvalue weighted by molar-refractivity contribution is 0.101. The molecular formula is C15H24N2O. The first-order valence-corrected chi connectivity index (χ1v) is 6.99. The number of likely N-dealkylation sites (N-methyl/N-ethyl adjacent to an activating group) is 1. The molecule has 100 valence electrons. The number of benzene rings is 1. The molecular weight excluding hydrogens is 224 g/mol. The molecule has 0 aliphatic carbocycles. The molecule has 2 unspecified atom stereocenters. The van der Waals surface area contributed by atoms with Crippen LogP contribution in [-0.2, 0) is 0 Å². The average Bonchev–Trinajstić information content (AvgIpc) is 2.42. The van der Waals surface area contributed by atoms with Crippen molar-refractivity contribution in [1.82, 2.24) is 4.90 Å². The standard InChI is InChI=1S/C15H24N2O/c1-3-5-10-17(4-2)13-11-18-14-9-7-6-8-12(14)15(13)16/h6-9,13,15H,3-5,10-11,16H2,1-2H3. The van der Waals surface area contributed by atoms with Gasteiger partial charge in [0.25, 0.3) is 0 Å². The Morgan fingerprint density at radius 2 is 2.11 bits per heavy atom. The summed E-state index contributed by atoms with van der Waals surface area (Å²) in [6, 6.07) is 8.49. The third kappa shape index (κ3) is 2.68. The van der Waals surface area contributed by atoms with Gasteiger partial charge in [-0.05, 0) is 25.6 Å².